The number of allylic oxidation sites excluding steroid dienone is 2. The lowest BCUT2D eigenvalue weighted by molar-refractivity contribution is -0.889. The molecule has 8 heteroatoms. The minimum absolute atomic E-state index is 0.0341. The second-order valence-corrected chi connectivity index (χ2v) is 13.8. The summed E-state index contributed by atoms with van der Waals surface area (Å²) < 4.78 is 17.0. The predicted molar refractivity (Wildman–Crippen MR) is 185 cm³/mol. The highest BCUT2D eigenvalue weighted by Gasteiger charge is 2.25. The van der Waals surface area contributed by atoms with E-state index in [1.165, 1.54) is 89.9 Å². The molecule has 46 heavy (non-hydrogen) atoms. The van der Waals surface area contributed by atoms with E-state index in [1.54, 1.807) is 21.1 Å². The number of carboxylic acid groups (broad SMARTS) is 1. The summed E-state index contributed by atoms with van der Waals surface area (Å²) in [5.74, 6) is -1.78. The molecule has 0 saturated carbocycles. The lowest BCUT2D eigenvalue weighted by Gasteiger charge is -2.34. The zero-order valence-corrected chi connectivity index (χ0v) is 30.5. The Balaban J connectivity index is 4.42. The maximum absolute atomic E-state index is 12.5. The fraction of sp³-hybridized carbons (Fsp3) is 0.868. The second-order valence-electron chi connectivity index (χ2n) is 13.8. The highest BCUT2D eigenvalue weighted by molar-refractivity contribution is 5.70. The van der Waals surface area contributed by atoms with Gasteiger partial charge in [-0.05, 0) is 32.1 Å². The van der Waals surface area contributed by atoms with E-state index in [4.69, 9.17) is 14.2 Å². The van der Waals surface area contributed by atoms with Crippen molar-refractivity contribution in [2.24, 2.45) is 0 Å². The monoisotopic (exact) mass is 654 g/mol. The van der Waals surface area contributed by atoms with Crippen LogP contribution in [0.15, 0.2) is 12.2 Å². The Kier molecular flexibility index (Phi) is 29.1. The molecule has 0 heterocycles. The Labute approximate surface area is 282 Å². The molecule has 8 nitrogen and oxygen atoms in total. The van der Waals surface area contributed by atoms with Crippen LogP contribution in [0.25, 0.3) is 0 Å². The second kappa shape index (κ2) is 30.4. The highest BCUT2D eigenvalue weighted by atomic mass is 16.6. The Bertz CT molecular complexity index is 778. The van der Waals surface area contributed by atoms with Crippen molar-refractivity contribution in [3.8, 4) is 0 Å². The van der Waals surface area contributed by atoms with E-state index in [1.807, 2.05) is 0 Å². The molecule has 0 radical (unpaired) electrons. The van der Waals surface area contributed by atoms with E-state index < -0.39 is 18.1 Å². The van der Waals surface area contributed by atoms with Gasteiger partial charge in [-0.15, -0.1) is 0 Å². The molecule has 0 aliphatic carbocycles. The van der Waals surface area contributed by atoms with Gasteiger partial charge in [-0.25, -0.2) is 0 Å². The number of unbranched alkanes of at least 4 members (excludes halogenated alkanes) is 17. The highest BCUT2D eigenvalue weighted by Crippen LogP contribution is 2.14. The number of aliphatic carboxylic acids is 1. The van der Waals surface area contributed by atoms with E-state index in [-0.39, 0.29) is 49.1 Å². The first-order valence-corrected chi connectivity index (χ1v) is 18.7. The molecule has 0 rings (SSSR count). The number of ether oxygens (including phenoxy) is 3. The van der Waals surface area contributed by atoms with Gasteiger partial charge >= 0.3 is 11.9 Å². The first kappa shape index (κ1) is 44.1. The lowest BCUT2D eigenvalue weighted by atomic mass is 10.0. The van der Waals surface area contributed by atoms with Crippen molar-refractivity contribution >= 4 is 17.9 Å². The predicted octanol–water partition coefficient (Wildman–Crippen LogP) is 7.85. The molecule has 0 saturated heterocycles. The molecule has 0 fully saturated rings. The van der Waals surface area contributed by atoms with Crippen LogP contribution in [0.3, 0.4) is 0 Å². The van der Waals surface area contributed by atoms with Gasteiger partial charge < -0.3 is 28.6 Å². The average Bonchev–Trinajstić information content (AvgIpc) is 3.00. The first-order valence-electron chi connectivity index (χ1n) is 18.7. The number of hydrogen-bond acceptors (Lipinski definition) is 7. The third kappa shape index (κ3) is 28.3. The van der Waals surface area contributed by atoms with Gasteiger partial charge in [0.2, 0.25) is 0 Å². The van der Waals surface area contributed by atoms with Crippen molar-refractivity contribution in [2.45, 2.75) is 174 Å². The molecule has 0 spiro atoms. The number of hydrogen-bond donors (Lipinski definition) is 0. The molecule has 2 unspecified atom stereocenters. The van der Waals surface area contributed by atoms with Gasteiger partial charge in [-0.1, -0.05) is 122 Å². The number of carbonyl (C=O) groups is 3. The smallest absolute Gasteiger partial charge is 0.306 e. The summed E-state index contributed by atoms with van der Waals surface area (Å²) in [6.45, 7) is 4.59. The molecule has 0 aromatic heterocycles. The number of esters is 2. The van der Waals surface area contributed by atoms with Crippen molar-refractivity contribution in [1.29, 1.82) is 0 Å². The van der Waals surface area contributed by atoms with Crippen molar-refractivity contribution in [1.82, 2.24) is 0 Å². The molecule has 0 aliphatic heterocycles. The van der Waals surface area contributed by atoms with Crippen molar-refractivity contribution < 1.29 is 38.2 Å². The average molecular weight is 654 g/mol. The Morgan fingerprint density at radius 2 is 1.11 bits per heavy atom. The van der Waals surface area contributed by atoms with Crippen LogP contribution in [-0.2, 0) is 28.6 Å². The van der Waals surface area contributed by atoms with Crippen molar-refractivity contribution in [3.63, 3.8) is 0 Å². The van der Waals surface area contributed by atoms with Crippen molar-refractivity contribution in [3.05, 3.63) is 12.2 Å². The zero-order chi connectivity index (χ0) is 34.3. The quantitative estimate of drug-likeness (QED) is 0.0308. The van der Waals surface area contributed by atoms with Crippen LogP contribution < -0.4 is 5.11 Å². The van der Waals surface area contributed by atoms with Gasteiger partial charge in [0.05, 0.1) is 40.3 Å². The first-order chi connectivity index (χ1) is 22.1. The van der Waals surface area contributed by atoms with Crippen LogP contribution >= 0.6 is 0 Å². The third-order valence-corrected chi connectivity index (χ3v) is 8.40. The molecule has 0 bridgehead atoms. The van der Waals surface area contributed by atoms with E-state index in [0.717, 1.165) is 32.1 Å². The number of rotatable bonds is 33. The molecule has 0 aliphatic rings. The van der Waals surface area contributed by atoms with Crippen LogP contribution in [0.4, 0.5) is 0 Å². The van der Waals surface area contributed by atoms with E-state index in [9.17, 15) is 19.5 Å². The van der Waals surface area contributed by atoms with Gasteiger partial charge in [0.25, 0.3) is 0 Å². The minimum atomic E-state index is -1.13. The van der Waals surface area contributed by atoms with Crippen LogP contribution in [0.2, 0.25) is 0 Å². The van der Waals surface area contributed by atoms with Crippen LogP contribution in [0.5, 0.6) is 0 Å². The van der Waals surface area contributed by atoms with E-state index >= 15 is 0 Å². The molecule has 0 aromatic rings. The molecular formula is C38H71NO7. The van der Waals surface area contributed by atoms with Crippen LogP contribution in [0.1, 0.15) is 162 Å². The summed E-state index contributed by atoms with van der Waals surface area (Å²) in [4.78, 5) is 36.5. The Hall–Kier alpha value is -1.93. The molecule has 0 aromatic carbocycles. The molecule has 0 amide bonds. The van der Waals surface area contributed by atoms with Crippen LogP contribution in [0, 0.1) is 0 Å². The summed E-state index contributed by atoms with van der Waals surface area (Å²) in [6.07, 6.45) is 28.1. The largest absolute Gasteiger partial charge is 0.544 e. The summed E-state index contributed by atoms with van der Waals surface area (Å²) in [6, 6.07) is -0.723. The summed E-state index contributed by atoms with van der Waals surface area (Å²) >= 11 is 0. The Morgan fingerprint density at radius 1 is 0.630 bits per heavy atom. The van der Waals surface area contributed by atoms with Gasteiger partial charge in [0.15, 0.2) is 6.10 Å². The topological polar surface area (TPSA) is 102 Å². The van der Waals surface area contributed by atoms with Gasteiger partial charge in [-0.2, -0.15) is 0 Å². The third-order valence-electron chi connectivity index (χ3n) is 8.40. The van der Waals surface area contributed by atoms with Crippen molar-refractivity contribution in [2.75, 3.05) is 41.0 Å². The maximum Gasteiger partial charge on any atom is 0.306 e. The van der Waals surface area contributed by atoms with Gasteiger partial charge in [0.1, 0.15) is 12.6 Å². The molecular weight excluding hydrogens is 582 g/mol. The normalized spacial score (nSPS) is 13.2. The van der Waals surface area contributed by atoms with Crippen LogP contribution in [-0.4, -0.2) is 75.5 Å². The zero-order valence-electron chi connectivity index (χ0n) is 30.5. The number of likely N-dealkylation sites (N-methyl/N-ethyl adjacent to an activating group) is 1. The molecule has 2 atom stereocenters. The lowest BCUT2D eigenvalue weighted by Crippen LogP contribution is -2.55. The summed E-state index contributed by atoms with van der Waals surface area (Å²) in [5, 5.41) is 11.5. The SMILES string of the molecule is CCCCCC/C=C/CCCC(=O)OC(COCCC(C(=O)[O-])[N+](C)(C)C)COC(=O)CCCCCCCCCCCCCCC. The minimum Gasteiger partial charge on any atom is -0.544 e. The van der Waals surface area contributed by atoms with Gasteiger partial charge in [-0.3, -0.25) is 9.59 Å². The van der Waals surface area contributed by atoms with E-state index in [2.05, 4.69) is 26.0 Å². The number of quaternary nitrogens is 1. The Morgan fingerprint density at radius 3 is 1.63 bits per heavy atom. The number of nitrogens with zero attached hydrogens (tertiary/aromatic N) is 1. The number of carbonyl (C=O) groups excluding carboxylic acids is 3. The molecule has 270 valence electrons. The fourth-order valence-electron chi connectivity index (χ4n) is 5.43. The fourth-order valence-corrected chi connectivity index (χ4v) is 5.43. The summed E-state index contributed by atoms with van der Waals surface area (Å²) in [7, 11) is 5.39. The number of carboxylic acids is 1. The molecule has 0 N–H and O–H groups in total. The maximum atomic E-state index is 12.5. The standard InChI is InChI=1S/C38H71NO7/c1-6-8-10-12-14-16-17-18-19-21-22-24-26-28-36(40)45-33-34(32-44-31-30-35(38(42)43)39(3,4)5)46-37(41)29-27-25-23-20-15-13-11-9-7-2/h20,23,34-35H,6-19,21-22,24-33H2,1-5H3/b23-20+. The summed E-state index contributed by atoms with van der Waals surface area (Å²) in [5.41, 5.74) is 0. The van der Waals surface area contributed by atoms with Gasteiger partial charge in [0, 0.05) is 19.3 Å². The van der Waals surface area contributed by atoms with E-state index in [0.29, 0.717) is 12.8 Å².